The lowest BCUT2D eigenvalue weighted by Gasteiger charge is -2.18. The number of nitrogens with zero attached hydrogens (tertiary/aromatic N) is 5. The minimum absolute atomic E-state index is 0.0443. The lowest BCUT2D eigenvalue weighted by molar-refractivity contribution is 0.585. The van der Waals surface area contributed by atoms with Crippen molar-refractivity contribution >= 4 is 32.4 Å². The minimum atomic E-state index is -3.86. The average molecular weight is 465 g/mol. The molecule has 1 N–H and O–H groups in total. The van der Waals surface area contributed by atoms with Gasteiger partial charge in [0.25, 0.3) is 10.0 Å². The van der Waals surface area contributed by atoms with E-state index < -0.39 is 10.0 Å². The van der Waals surface area contributed by atoms with Gasteiger partial charge in [-0.3, -0.25) is 9.40 Å². The third-order valence-electron chi connectivity index (χ3n) is 6.21. The first-order valence-electron chi connectivity index (χ1n) is 11.2. The molecule has 0 radical (unpaired) electrons. The standard InChI is InChI=1S/C24H28N6O2S/c1-4-30-15-17(2)24(26-30)33(31,32)27-21-10-11-25-23-22(21)20(16-28(23)3)18-8-7-9-19(14-18)29-12-5-6-13-29/h7-11,14-16H,4-6,12-13H2,1-3H3,(H,25,27). The van der Waals surface area contributed by atoms with Gasteiger partial charge >= 0.3 is 0 Å². The molecule has 5 rings (SSSR count). The van der Waals surface area contributed by atoms with Gasteiger partial charge in [-0.05, 0) is 50.5 Å². The molecule has 0 amide bonds. The highest BCUT2D eigenvalue weighted by Crippen LogP contribution is 2.37. The number of anilines is 2. The second-order valence-corrected chi connectivity index (χ2v) is 10.1. The summed E-state index contributed by atoms with van der Waals surface area (Å²) in [4.78, 5) is 6.92. The van der Waals surface area contributed by atoms with Crippen LogP contribution < -0.4 is 9.62 Å². The lowest BCUT2D eigenvalue weighted by atomic mass is 10.0. The van der Waals surface area contributed by atoms with Crippen LogP contribution in [-0.2, 0) is 23.6 Å². The molecule has 4 aromatic rings. The fourth-order valence-corrected chi connectivity index (χ4v) is 5.82. The van der Waals surface area contributed by atoms with Crippen LogP contribution in [0.2, 0.25) is 0 Å². The molecular formula is C24H28N6O2S. The maximum absolute atomic E-state index is 13.3. The molecule has 0 aliphatic carbocycles. The first-order valence-corrected chi connectivity index (χ1v) is 12.7. The molecule has 1 saturated heterocycles. The van der Waals surface area contributed by atoms with Crippen molar-refractivity contribution in [1.29, 1.82) is 0 Å². The Morgan fingerprint density at radius 2 is 1.91 bits per heavy atom. The smallest absolute Gasteiger partial charge is 0.281 e. The Kier molecular flexibility index (Phi) is 5.36. The van der Waals surface area contributed by atoms with E-state index in [1.807, 2.05) is 24.7 Å². The van der Waals surface area contributed by atoms with Crippen molar-refractivity contribution in [3.63, 3.8) is 0 Å². The molecule has 1 fully saturated rings. The van der Waals surface area contributed by atoms with E-state index in [4.69, 9.17) is 0 Å². The van der Waals surface area contributed by atoms with E-state index in [9.17, 15) is 8.42 Å². The summed E-state index contributed by atoms with van der Waals surface area (Å²) in [5, 5.41) is 5.07. The number of sulfonamides is 1. The largest absolute Gasteiger partial charge is 0.372 e. The van der Waals surface area contributed by atoms with E-state index in [1.165, 1.54) is 18.5 Å². The molecular weight excluding hydrogens is 436 g/mol. The maximum Gasteiger partial charge on any atom is 0.281 e. The predicted octanol–water partition coefficient (Wildman–Crippen LogP) is 4.17. The second kappa shape index (κ2) is 8.22. The van der Waals surface area contributed by atoms with Gasteiger partial charge in [0.1, 0.15) is 5.65 Å². The Morgan fingerprint density at radius 3 is 2.64 bits per heavy atom. The number of hydrogen-bond donors (Lipinski definition) is 1. The maximum atomic E-state index is 13.3. The van der Waals surface area contributed by atoms with E-state index in [1.54, 1.807) is 30.1 Å². The summed E-state index contributed by atoms with van der Waals surface area (Å²) in [7, 11) is -1.94. The predicted molar refractivity (Wildman–Crippen MR) is 131 cm³/mol. The Hall–Kier alpha value is -3.33. The van der Waals surface area contributed by atoms with Crippen molar-refractivity contribution in [3.8, 4) is 11.1 Å². The van der Waals surface area contributed by atoms with Crippen molar-refractivity contribution in [2.45, 2.75) is 38.3 Å². The normalized spacial score (nSPS) is 14.3. The van der Waals surface area contributed by atoms with Gasteiger partial charge in [-0.25, -0.2) is 4.98 Å². The Morgan fingerprint density at radius 1 is 1.12 bits per heavy atom. The zero-order chi connectivity index (χ0) is 23.2. The Labute approximate surface area is 193 Å². The highest BCUT2D eigenvalue weighted by atomic mass is 32.2. The molecule has 4 heterocycles. The van der Waals surface area contributed by atoms with E-state index in [-0.39, 0.29) is 5.03 Å². The number of aryl methyl sites for hydroxylation is 3. The van der Waals surface area contributed by atoms with Gasteiger partial charge in [-0.2, -0.15) is 13.5 Å². The van der Waals surface area contributed by atoms with Gasteiger partial charge in [-0.1, -0.05) is 12.1 Å². The van der Waals surface area contributed by atoms with Crippen LogP contribution in [0.3, 0.4) is 0 Å². The Bertz CT molecular complexity index is 1430. The van der Waals surface area contributed by atoms with Gasteiger partial charge in [0.05, 0.1) is 11.1 Å². The van der Waals surface area contributed by atoms with Crippen molar-refractivity contribution in [1.82, 2.24) is 19.3 Å². The number of fused-ring (bicyclic) bond motifs is 1. The monoisotopic (exact) mass is 464 g/mol. The summed E-state index contributed by atoms with van der Waals surface area (Å²) < 4.78 is 32.9. The van der Waals surface area contributed by atoms with Crippen molar-refractivity contribution in [2.24, 2.45) is 7.05 Å². The molecule has 1 aromatic carbocycles. The van der Waals surface area contributed by atoms with Crippen molar-refractivity contribution in [2.75, 3.05) is 22.7 Å². The summed E-state index contributed by atoms with van der Waals surface area (Å²) in [5.41, 5.74) is 4.98. The fraction of sp³-hybridized carbons (Fsp3) is 0.333. The summed E-state index contributed by atoms with van der Waals surface area (Å²) in [6, 6.07) is 10.1. The number of benzene rings is 1. The quantitative estimate of drug-likeness (QED) is 0.463. The van der Waals surface area contributed by atoms with Crippen LogP contribution in [0.15, 0.2) is 53.9 Å². The molecule has 8 nitrogen and oxygen atoms in total. The van der Waals surface area contributed by atoms with Crippen LogP contribution >= 0.6 is 0 Å². The molecule has 1 aliphatic heterocycles. The van der Waals surface area contributed by atoms with Crippen LogP contribution in [0.25, 0.3) is 22.2 Å². The first-order chi connectivity index (χ1) is 15.9. The zero-order valence-electron chi connectivity index (χ0n) is 19.1. The molecule has 0 atom stereocenters. The fourth-order valence-electron chi connectivity index (χ4n) is 4.58. The minimum Gasteiger partial charge on any atom is -0.372 e. The number of rotatable bonds is 6. The number of aromatic nitrogens is 4. The highest BCUT2D eigenvalue weighted by molar-refractivity contribution is 7.92. The summed E-state index contributed by atoms with van der Waals surface area (Å²) in [6.45, 7) is 6.42. The van der Waals surface area contributed by atoms with Crippen LogP contribution in [0, 0.1) is 6.92 Å². The first kappa shape index (κ1) is 21.5. The number of pyridine rings is 1. The van der Waals surface area contributed by atoms with Gasteiger partial charge in [0.2, 0.25) is 0 Å². The third-order valence-corrected chi connectivity index (χ3v) is 7.61. The lowest BCUT2D eigenvalue weighted by Crippen LogP contribution is -2.17. The zero-order valence-corrected chi connectivity index (χ0v) is 19.9. The second-order valence-electron chi connectivity index (χ2n) is 8.53. The van der Waals surface area contributed by atoms with Gasteiger partial charge in [0.15, 0.2) is 5.03 Å². The highest BCUT2D eigenvalue weighted by Gasteiger charge is 2.24. The van der Waals surface area contributed by atoms with Gasteiger partial charge in [-0.15, -0.1) is 0 Å². The molecule has 172 valence electrons. The number of hydrogen-bond acceptors (Lipinski definition) is 5. The van der Waals surface area contributed by atoms with Crippen molar-refractivity contribution < 1.29 is 8.42 Å². The van der Waals surface area contributed by atoms with Gasteiger partial charge in [0, 0.05) is 62.1 Å². The summed E-state index contributed by atoms with van der Waals surface area (Å²) >= 11 is 0. The van der Waals surface area contributed by atoms with E-state index in [2.05, 4.69) is 44.0 Å². The van der Waals surface area contributed by atoms with Crippen LogP contribution in [-0.4, -0.2) is 40.8 Å². The summed E-state index contributed by atoms with van der Waals surface area (Å²) in [6.07, 6.45) is 7.80. The molecule has 9 heteroatoms. The van der Waals surface area contributed by atoms with Crippen LogP contribution in [0.4, 0.5) is 11.4 Å². The molecule has 33 heavy (non-hydrogen) atoms. The molecule has 0 unspecified atom stereocenters. The van der Waals surface area contributed by atoms with Crippen molar-refractivity contribution in [3.05, 3.63) is 54.5 Å². The van der Waals surface area contributed by atoms with E-state index >= 15 is 0 Å². The molecule has 1 aliphatic rings. The van der Waals surface area contributed by atoms with E-state index in [0.29, 0.717) is 23.4 Å². The molecule has 0 saturated carbocycles. The Balaban J connectivity index is 1.60. The van der Waals surface area contributed by atoms with E-state index in [0.717, 1.165) is 29.6 Å². The van der Waals surface area contributed by atoms with Crippen LogP contribution in [0.5, 0.6) is 0 Å². The molecule has 0 spiro atoms. The SMILES string of the molecule is CCn1cc(C)c(S(=O)(=O)Nc2ccnc3c2c(-c2cccc(N4CCCC4)c2)cn3C)n1. The molecule has 0 bridgehead atoms. The van der Waals surface area contributed by atoms with Gasteiger partial charge < -0.3 is 9.47 Å². The summed E-state index contributed by atoms with van der Waals surface area (Å²) in [5.74, 6) is 0. The topological polar surface area (TPSA) is 85.0 Å². The number of nitrogens with one attached hydrogen (secondary N) is 1. The molecule has 3 aromatic heterocycles. The average Bonchev–Trinajstić information content (AvgIpc) is 3.54. The third kappa shape index (κ3) is 3.86. The van der Waals surface area contributed by atoms with Crippen LogP contribution in [0.1, 0.15) is 25.3 Å².